The molecule has 0 heterocycles. The number of carbonyl (C=O) groups is 1. The lowest BCUT2D eigenvalue weighted by atomic mass is 10.2. The van der Waals surface area contributed by atoms with Crippen LogP contribution >= 0.6 is 11.6 Å². The van der Waals surface area contributed by atoms with Gasteiger partial charge in [-0.2, -0.15) is 0 Å². The molecule has 0 atom stereocenters. The lowest BCUT2D eigenvalue weighted by Crippen LogP contribution is -2.32. The summed E-state index contributed by atoms with van der Waals surface area (Å²) >= 11 is 5.26. The van der Waals surface area contributed by atoms with Crippen molar-refractivity contribution in [2.24, 2.45) is 0 Å². The Morgan fingerprint density at radius 1 is 1.54 bits per heavy atom. The summed E-state index contributed by atoms with van der Waals surface area (Å²) in [6.45, 7) is 8.57. The summed E-state index contributed by atoms with van der Waals surface area (Å²) < 4.78 is 4.89. The molecule has 0 spiro atoms. The smallest absolute Gasteiger partial charge is 0.412 e. The normalized spacial score (nSPS) is 10.5. The van der Waals surface area contributed by atoms with Gasteiger partial charge in [0, 0.05) is 0 Å². The quantitative estimate of drug-likeness (QED) is 0.678. The number of ether oxygens (including phenoxy) is 1. The summed E-state index contributed by atoms with van der Waals surface area (Å²) in [6, 6.07) is 0. The predicted molar refractivity (Wildman–Crippen MR) is 52.1 cm³/mol. The molecule has 0 aliphatic rings. The van der Waals surface area contributed by atoms with Crippen molar-refractivity contribution in [2.45, 2.75) is 26.4 Å². The first-order valence-electron chi connectivity index (χ1n) is 3.65. The number of hydrogen-bond donors (Lipinski definition) is 2. The van der Waals surface area contributed by atoms with Gasteiger partial charge in [0.1, 0.15) is 10.8 Å². The monoisotopic (exact) mass is 204 g/mol. The Bertz CT molecular complexity index is 243. The van der Waals surface area contributed by atoms with Gasteiger partial charge in [0.2, 0.25) is 0 Å². The number of nitrogens with one attached hydrogen (secondary N) is 2. The third-order valence-corrected chi connectivity index (χ3v) is 1.14. The number of alkyl carbamates (subject to hydrolysis) is 1. The van der Waals surface area contributed by atoms with Gasteiger partial charge in [-0.3, -0.25) is 10.7 Å². The first-order chi connectivity index (χ1) is 5.72. The van der Waals surface area contributed by atoms with Gasteiger partial charge in [0.25, 0.3) is 0 Å². The average molecular weight is 205 g/mol. The number of carbonyl (C=O) groups excluding carboxylic acids is 1. The van der Waals surface area contributed by atoms with Crippen molar-refractivity contribution in [3.05, 3.63) is 12.3 Å². The van der Waals surface area contributed by atoms with Crippen LogP contribution in [0, 0.1) is 5.41 Å². The molecule has 0 bridgehead atoms. The van der Waals surface area contributed by atoms with Crippen molar-refractivity contribution in [3.63, 3.8) is 0 Å². The molecule has 0 aromatic heterocycles. The molecule has 0 aliphatic carbocycles. The summed E-state index contributed by atoms with van der Waals surface area (Å²) in [5, 5.41) is 8.83. The van der Waals surface area contributed by atoms with Crippen LogP contribution in [0.1, 0.15) is 20.8 Å². The minimum atomic E-state index is -0.664. The van der Waals surface area contributed by atoms with Crippen LogP contribution in [0.15, 0.2) is 12.3 Å². The second kappa shape index (κ2) is 4.28. The zero-order valence-electron chi connectivity index (χ0n) is 7.90. The molecule has 0 unspecified atom stereocenters. The predicted octanol–water partition coefficient (Wildman–Crippen LogP) is 2.24. The van der Waals surface area contributed by atoms with Gasteiger partial charge in [0.05, 0.1) is 5.70 Å². The molecular formula is C8H13ClN2O2. The molecular weight excluding hydrogens is 192 g/mol. The molecule has 4 nitrogen and oxygen atoms in total. The molecule has 0 radical (unpaired) electrons. The van der Waals surface area contributed by atoms with Crippen LogP contribution in [0.3, 0.4) is 0 Å². The van der Waals surface area contributed by atoms with E-state index in [1.165, 1.54) is 0 Å². The van der Waals surface area contributed by atoms with E-state index in [1.807, 2.05) is 0 Å². The Morgan fingerprint density at radius 3 is 2.31 bits per heavy atom. The van der Waals surface area contributed by atoms with E-state index in [-0.39, 0.29) is 10.9 Å². The average Bonchev–Trinajstić information content (AvgIpc) is 1.81. The molecule has 0 aromatic carbocycles. The second-order valence-corrected chi connectivity index (χ2v) is 3.80. The first kappa shape index (κ1) is 12.0. The SMILES string of the molecule is C=C(NC(=O)OC(C)(C)C)C(=N)Cl. The minimum absolute atomic E-state index is 0.0240. The third-order valence-electron chi connectivity index (χ3n) is 0.917. The van der Waals surface area contributed by atoms with Crippen molar-refractivity contribution in [3.8, 4) is 0 Å². The summed E-state index contributed by atoms with van der Waals surface area (Å²) in [7, 11) is 0. The fraction of sp³-hybridized carbons (Fsp3) is 0.500. The van der Waals surface area contributed by atoms with Gasteiger partial charge in [0.15, 0.2) is 0 Å². The highest BCUT2D eigenvalue weighted by molar-refractivity contribution is 6.68. The summed E-state index contributed by atoms with van der Waals surface area (Å²) in [5.74, 6) is 0. The number of hydrogen-bond acceptors (Lipinski definition) is 3. The highest BCUT2D eigenvalue weighted by atomic mass is 35.5. The maximum absolute atomic E-state index is 11.0. The lowest BCUT2D eigenvalue weighted by molar-refractivity contribution is 0.0549. The molecule has 1 amide bonds. The van der Waals surface area contributed by atoms with Gasteiger partial charge >= 0.3 is 6.09 Å². The molecule has 0 aliphatic heterocycles. The molecule has 0 aromatic rings. The lowest BCUT2D eigenvalue weighted by Gasteiger charge is -2.19. The van der Waals surface area contributed by atoms with E-state index in [1.54, 1.807) is 20.8 Å². The van der Waals surface area contributed by atoms with Crippen LogP contribution in [-0.2, 0) is 4.74 Å². The van der Waals surface area contributed by atoms with Crippen LogP contribution in [0.5, 0.6) is 0 Å². The van der Waals surface area contributed by atoms with Gasteiger partial charge < -0.3 is 4.74 Å². The Balaban J connectivity index is 4.04. The van der Waals surface area contributed by atoms with E-state index in [2.05, 4.69) is 11.9 Å². The number of allylic oxidation sites excluding steroid dienone is 1. The molecule has 13 heavy (non-hydrogen) atoms. The van der Waals surface area contributed by atoms with Gasteiger partial charge in [-0.25, -0.2) is 4.79 Å². The molecule has 0 rings (SSSR count). The van der Waals surface area contributed by atoms with E-state index in [0.29, 0.717) is 0 Å². The highest BCUT2D eigenvalue weighted by Crippen LogP contribution is 2.07. The van der Waals surface area contributed by atoms with Crippen molar-refractivity contribution in [1.29, 1.82) is 5.41 Å². The van der Waals surface area contributed by atoms with E-state index in [4.69, 9.17) is 21.7 Å². The largest absolute Gasteiger partial charge is 0.444 e. The van der Waals surface area contributed by atoms with Crippen molar-refractivity contribution in [2.75, 3.05) is 0 Å². The Hall–Kier alpha value is -1.03. The van der Waals surface area contributed by atoms with E-state index >= 15 is 0 Å². The molecule has 0 saturated heterocycles. The standard InChI is InChI=1S/C8H13ClN2O2/c1-5(6(9)10)11-7(12)13-8(2,3)4/h10H,1H2,2-4H3,(H,11,12). The summed E-state index contributed by atoms with van der Waals surface area (Å²) in [5.41, 5.74) is -0.547. The number of halogens is 1. The molecule has 2 N–H and O–H groups in total. The van der Waals surface area contributed by atoms with E-state index < -0.39 is 11.7 Å². The highest BCUT2D eigenvalue weighted by Gasteiger charge is 2.16. The van der Waals surface area contributed by atoms with Crippen LogP contribution < -0.4 is 5.32 Å². The third kappa shape index (κ3) is 6.16. The Morgan fingerprint density at radius 2 is 2.00 bits per heavy atom. The zero-order valence-corrected chi connectivity index (χ0v) is 8.66. The second-order valence-electron chi connectivity index (χ2n) is 3.42. The molecule has 5 heteroatoms. The maximum atomic E-state index is 11.0. The fourth-order valence-corrected chi connectivity index (χ4v) is 0.529. The van der Waals surface area contributed by atoms with Crippen LogP contribution in [0.2, 0.25) is 0 Å². The molecule has 0 fully saturated rings. The number of rotatable bonds is 2. The Labute approximate surface area is 82.4 Å². The van der Waals surface area contributed by atoms with Crippen LogP contribution in [0.4, 0.5) is 4.79 Å². The fourth-order valence-electron chi connectivity index (χ4n) is 0.482. The van der Waals surface area contributed by atoms with Crippen molar-refractivity contribution in [1.82, 2.24) is 5.32 Å². The minimum Gasteiger partial charge on any atom is -0.444 e. The van der Waals surface area contributed by atoms with Gasteiger partial charge in [-0.15, -0.1) is 0 Å². The number of amides is 1. The van der Waals surface area contributed by atoms with Gasteiger partial charge in [-0.1, -0.05) is 18.2 Å². The topological polar surface area (TPSA) is 62.2 Å². The molecule has 0 saturated carbocycles. The zero-order chi connectivity index (χ0) is 10.6. The van der Waals surface area contributed by atoms with Gasteiger partial charge in [-0.05, 0) is 20.8 Å². The Kier molecular flexibility index (Phi) is 3.94. The first-order valence-corrected chi connectivity index (χ1v) is 4.03. The van der Waals surface area contributed by atoms with E-state index in [0.717, 1.165) is 0 Å². The maximum Gasteiger partial charge on any atom is 0.412 e. The summed E-state index contributed by atoms with van der Waals surface area (Å²) in [6.07, 6.45) is -0.664. The summed E-state index contributed by atoms with van der Waals surface area (Å²) in [4.78, 5) is 11.0. The van der Waals surface area contributed by atoms with E-state index in [9.17, 15) is 4.79 Å². The molecule has 74 valence electrons. The van der Waals surface area contributed by atoms with Crippen molar-refractivity contribution >= 4 is 22.9 Å². The van der Waals surface area contributed by atoms with Crippen LogP contribution in [-0.4, -0.2) is 16.9 Å². The van der Waals surface area contributed by atoms with Crippen molar-refractivity contribution < 1.29 is 9.53 Å². The van der Waals surface area contributed by atoms with Crippen LogP contribution in [0.25, 0.3) is 0 Å².